The van der Waals surface area contributed by atoms with Gasteiger partial charge in [-0.15, -0.1) is 16.3 Å². The highest BCUT2D eigenvalue weighted by atomic mass is 35.5. The topological polar surface area (TPSA) is 54.6 Å². The molecule has 0 atom stereocenters. The summed E-state index contributed by atoms with van der Waals surface area (Å²) < 4.78 is 1.69. The molecule has 0 aliphatic heterocycles. The molecule has 0 radical (unpaired) electrons. The van der Waals surface area contributed by atoms with Gasteiger partial charge in [-0.2, -0.15) is 0 Å². The molecule has 1 N–H and O–H groups in total. The van der Waals surface area contributed by atoms with Gasteiger partial charge in [-0.3, -0.25) is 4.57 Å². The molecule has 1 aromatic carbocycles. The van der Waals surface area contributed by atoms with Crippen LogP contribution in [0.3, 0.4) is 0 Å². The molecule has 1 heterocycles. The van der Waals surface area contributed by atoms with E-state index in [9.17, 15) is 4.79 Å². The van der Waals surface area contributed by atoms with Crippen molar-refractivity contribution in [3.05, 3.63) is 45.7 Å². The van der Waals surface area contributed by atoms with E-state index < -0.39 is 6.09 Å². The molecular weight excluding hydrogens is 248 g/mol. The number of hydrogen-bond donors (Lipinski definition) is 1. The smallest absolute Gasteiger partial charge is 0.433 e. The maximum absolute atomic E-state index is 10.5. The first-order chi connectivity index (χ1) is 7.66. The molecule has 1 aromatic heterocycles. The molecule has 2 rings (SSSR count). The molecule has 0 bridgehead atoms. The minimum absolute atomic E-state index is 0.412. The molecule has 82 valence electrons. The fourth-order valence-electron chi connectivity index (χ4n) is 1.23. The van der Waals surface area contributed by atoms with Crippen LogP contribution in [-0.4, -0.2) is 15.8 Å². The van der Waals surface area contributed by atoms with E-state index in [1.54, 1.807) is 40.4 Å². The van der Waals surface area contributed by atoms with E-state index in [2.05, 4.69) is 4.99 Å². The molecule has 6 heteroatoms. The van der Waals surface area contributed by atoms with Crippen molar-refractivity contribution in [3.63, 3.8) is 0 Å². The zero-order valence-corrected chi connectivity index (χ0v) is 9.57. The Kier molecular flexibility index (Phi) is 3.07. The third-order valence-corrected chi connectivity index (χ3v) is 2.89. The van der Waals surface area contributed by atoms with Crippen molar-refractivity contribution in [2.45, 2.75) is 0 Å². The lowest BCUT2D eigenvalue weighted by Crippen LogP contribution is -2.13. The minimum Gasteiger partial charge on any atom is -0.463 e. The highest BCUT2D eigenvalue weighted by molar-refractivity contribution is 7.07. The SMILES string of the molecule is O=C(O)N=c1sccn1-c1ccc(Cl)cc1. The zero-order chi connectivity index (χ0) is 11.5. The first kappa shape index (κ1) is 10.9. The summed E-state index contributed by atoms with van der Waals surface area (Å²) in [5.74, 6) is 0. The molecule has 0 aliphatic carbocycles. The van der Waals surface area contributed by atoms with Crippen molar-refractivity contribution in [1.29, 1.82) is 0 Å². The number of rotatable bonds is 1. The first-order valence-corrected chi connectivity index (χ1v) is 5.62. The second-order valence-corrected chi connectivity index (χ2v) is 4.24. The van der Waals surface area contributed by atoms with Crippen molar-refractivity contribution in [2.75, 3.05) is 0 Å². The molecule has 0 aliphatic rings. The van der Waals surface area contributed by atoms with Crippen LogP contribution in [0.1, 0.15) is 0 Å². The Balaban J connectivity index is 2.53. The number of carbonyl (C=O) groups is 1. The summed E-state index contributed by atoms with van der Waals surface area (Å²) in [6.45, 7) is 0. The van der Waals surface area contributed by atoms with Gasteiger partial charge in [0.25, 0.3) is 0 Å². The normalized spacial score (nSPS) is 11.7. The average molecular weight is 255 g/mol. The molecule has 2 aromatic rings. The van der Waals surface area contributed by atoms with Crippen LogP contribution >= 0.6 is 22.9 Å². The Labute approximate surface area is 100 Å². The van der Waals surface area contributed by atoms with Crippen molar-refractivity contribution < 1.29 is 9.90 Å². The summed E-state index contributed by atoms with van der Waals surface area (Å²) in [6, 6.07) is 7.09. The van der Waals surface area contributed by atoms with E-state index in [1.165, 1.54) is 11.3 Å². The second kappa shape index (κ2) is 4.51. The van der Waals surface area contributed by atoms with Crippen LogP contribution in [0.5, 0.6) is 0 Å². The lowest BCUT2D eigenvalue weighted by molar-refractivity contribution is 0.204. The van der Waals surface area contributed by atoms with Crippen LogP contribution in [0, 0.1) is 0 Å². The lowest BCUT2D eigenvalue weighted by atomic mass is 10.3. The first-order valence-electron chi connectivity index (χ1n) is 4.36. The number of hydrogen-bond acceptors (Lipinski definition) is 2. The van der Waals surface area contributed by atoms with Crippen molar-refractivity contribution in [2.24, 2.45) is 4.99 Å². The van der Waals surface area contributed by atoms with Crippen LogP contribution in [0.25, 0.3) is 5.69 Å². The van der Waals surface area contributed by atoms with Gasteiger partial charge in [-0.05, 0) is 24.3 Å². The summed E-state index contributed by atoms with van der Waals surface area (Å²) in [5, 5.41) is 11.0. The van der Waals surface area contributed by atoms with E-state index in [0.29, 0.717) is 9.82 Å². The monoisotopic (exact) mass is 254 g/mol. The molecule has 0 saturated carbocycles. The second-order valence-electron chi connectivity index (χ2n) is 2.93. The van der Waals surface area contributed by atoms with Gasteiger partial charge in [-0.25, -0.2) is 4.79 Å². The Bertz CT molecular complexity index is 571. The third-order valence-electron chi connectivity index (χ3n) is 1.89. The zero-order valence-electron chi connectivity index (χ0n) is 8.00. The highest BCUT2D eigenvalue weighted by Gasteiger charge is 2.00. The van der Waals surface area contributed by atoms with Gasteiger partial charge >= 0.3 is 6.09 Å². The van der Waals surface area contributed by atoms with Crippen molar-refractivity contribution in [3.8, 4) is 5.69 Å². The van der Waals surface area contributed by atoms with Gasteiger partial charge in [0.2, 0.25) is 4.80 Å². The fraction of sp³-hybridized carbons (Fsp3) is 0. The number of carboxylic acid groups (broad SMARTS) is 1. The van der Waals surface area contributed by atoms with Gasteiger partial charge in [0.15, 0.2) is 0 Å². The summed E-state index contributed by atoms with van der Waals surface area (Å²) in [5.41, 5.74) is 0.825. The lowest BCUT2D eigenvalue weighted by Gasteiger charge is -2.01. The molecule has 1 amide bonds. The molecule has 0 unspecified atom stereocenters. The predicted molar refractivity (Wildman–Crippen MR) is 62.2 cm³/mol. The van der Waals surface area contributed by atoms with Gasteiger partial charge in [0.05, 0.1) is 0 Å². The van der Waals surface area contributed by atoms with Crippen molar-refractivity contribution >= 4 is 29.0 Å². The van der Waals surface area contributed by atoms with Gasteiger partial charge in [0, 0.05) is 22.3 Å². The van der Waals surface area contributed by atoms with Crippen LogP contribution in [0.15, 0.2) is 40.8 Å². The third kappa shape index (κ3) is 2.32. The van der Waals surface area contributed by atoms with Gasteiger partial charge in [0.1, 0.15) is 0 Å². The Hall–Kier alpha value is -1.59. The molecule has 16 heavy (non-hydrogen) atoms. The predicted octanol–water partition coefficient (Wildman–Crippen LogP) is 2.77. The minimum atomic E-state index is -1.20. The van der Waals surface area contributed by atoms with Gasteiger partial charge < -0.3 is 5.11 Å². The summed E-state index contributed by atoms with van der Waals surface area (Å²) in [7, 11) is 0. The van der Waals surface area contributed by atoms with Crippen LogP contribution in [0.4, 0.5) is 4.79 Å². The fourth-order valence-corrected chi connectivity index (χ4v) is 2.07. The van der Waals surface area contributed by atoms with Crippen molar-refractivity contribution in [1.82, 2.24) is 4.57 Å². The van der Waals surface area contributed by atoms with E-state index >= 15 is 0 Å². The quantitative estimate of drug-likeness (QED) is 0.851. The molecule has 0 fully saturated rings. The number of thiazole rings is 1. The van der Waals surface area contributed by atoms with Crippen LogP contribution < -0.4 is 4.80 Å². The highest BCUT2D eigenvalue weighted by Crippen LogP contribution is 2.12. The number of halogens is 1. The molecule has 0 spiro atoms. The molecule has 4 nitrogen and oxygen atoms in total. The van der Waals surface area contributed by atoms with E-state index in [-0.39, 0.29) is 0 Å². The maximum atomic E-state index is 10.5. The number of benzene rings is 1. The number of aromatic nitrogens is 1. The largest absolute Gasteiger partial charge is 0.463 e. The van der Waals surface area contributed by atoms with Gasteiger partial charge in [-0.1, -0.05) is 11.6 Å². The maximum Gasteiger partial charge on any atom is 0.433 e. The van der Waals surface area contributed by atoms with Crippen LogP contribution in [-0.2, 0) is 0 Å². The summed E-state index contributed by atoms with van der Waals surface area (Å²) in [4.78, 5) is 14.4. The Morgan fingerprint density at radius 2 is 2.06 bits per heavy atom. The van der Waals surface area contributed by atoms with Crippen LogP contribution in [0.2, 0.25) is 5.02 Å². The van der Waals surface area contributed by atoms with E-state index in [0.717, 1.165) is 5.69 Å². The van der Waals surface area contributed by atoms with E-state index in [1.807, 2.05) is 0 Å². The van der Waals surface area contributed by atoms with E-state index in [4.69, 9.17) is 16.7 Å². The number of nitrogens with zero attached hydrogens (tertiary/aromatic N) is 2. The summed E-state index contributed by atoms with van der Waals surface area (Å²) in [6.07, 6.45) is 0.556. The Morgan fingerprint density at radius 1 is 1.38 bits per heavy atom. The standard InChI is InChI=1S/C10H7ClN2O2S/c11-7-1-3-8(4-2-7)13-5-6-16-9(13)12-10(14)15/h1-6H,(H,14,15). The Morgan fingerprint density at radius 3 is 2.69 bits per heavy atom. The summed E-state index contributed by atoms with van der Waals surface area (Å²) >= 11 is 7.03. The molecule has 0 saturated heterocycles. The average Bonchev–Trinajstić information content (AvgIpc) is 2.66. The molecular formula is C10H7ClN2O2S. The number of amides is 1.